The Hall–Kier alpha value is -1.82. The third-order valence-electron chi connectivity index (χ3n) is 8.13. The molecule has 2 saturated heterocycles. The average Bonchev–Trinajstić information content (AvgIpc) is 3.66. The predicted octanol–water partition coefficient (Wildman–Crippen LogP) is 5.37. The molecular formula is C31H46N2O6S2. The van der Waals surface area contributed by atoms with Gasteiger partial charge in [-0.05, 0) is 86.8 Å². The molecule has 2 aliphatic heterocycles. The molecule has 2 fully saturated rings. The fraction of sp³-hybridized carbons (Fsp3) is 0.613. The van der Waals surface area contributed by atoms with Gasteiger partial charge in [0.2, 0.25) is 20.0 Å². The number of benzene rings is 2. The molecule has 2 aliphatic rings. The molecule has 0 bridgehead atoms. The van der Waals surface area contributed by atoms with E-state index in [9.17, 15) is 16.8 Å². The zero-order valence-electron chi connectivity index (χ0n) is 24.5. The summed E-state index contributed by atoms with van der Waals surface area (Å²) in [6, 6.07) is 14.0. The Morgan fingerprint density at radius 1 is 0.659 bits per heavy atom. The lowest BCUT2D eigenvalue weighted by atomic mass is 10.1. The van der Waals surface area contributed by atoms with E-state index < -0.39 is 20.0 Å². The van der Waals surface area contributed by atoms with E-state index in [0.29, 0.717) is 22.9 Å². The monoisotopic (exact) mass is 606 g/mol. The minimum absolute atomic E-state index is 0.00692. The van der Waals surface area contributed by atoms with E-state index in [1.807, 2.05) is 24.3 Å². The van der Waals surface area contributed by atoms with Crippen LogP contribution in [0.4, 0.5) is 0 Å². The third-order valence-corrected chi connectivity index (χ3v) is 12.1. The van der Waals surface area contributed by atoms with Crippen molar-refractivity contribution in [1.29, 1.82) is 0 Å². The topological polar surface area (TPSA) is 93.2 Å². The van der Waals surface area contributed by atoms with Gasteiger partial charge >= 0.3 is 0 Å². The first-order valence-corrected chi connectivity index (χ1v) is 18.0. The van der Waals surface area contributed by atoms with Crippen LogP contribution in [0.1, 0.15) is 76.3 Å². The van der Waals surface area contributed by atoms with Crippen molar-refractivity contribution in [2.75, 3.05) is 33.1 Å². The van der Waals surface area contributed by atoms with Crippen molar-refractivity contribution in [3.63, 3.8) is 0 Å². The Morgan fingerprint density at radius 2 is 1.05 bits per heavy atom. The molecule has 4 rings (SSSR count). The largest absolute Gasteiger partial charge is 0.354 e. The van der Waals surface area contributed by atoms with Gasteiger partial charge in [0.15, 0.2) is 0 Å². The summed E-state index contributed by atoms with van der Waals surface area (Å²) in [7, 11) is -7.20. The molecule has 0 aliphatic carbocycles. The molecule has 2 atom stereocenters. The average molecular weight is 607 g/mol. The van der Waals surface area contributed by atoms with Gasteiger partial charge in [0.1, 0.15) is 6.79 Å². The SMILES string of the molecule is CCCCc1ccc(S(=O)(=O)N2CCC[C@H]2COCOC[C@@H]2CCCN2S(=O)(=O)c2ccc(CCCC)cc2)cc1. The summed E-state index contributed by atoms with van der Waals surface area (Å²) in [6.07, 6.45) is 9.33. The zero-order valence-corrected chi connectivity index (χ0v) is 26.2. The van der Waals surface area contributed by atoms with Crippen molar-refractivity contribution in [3.05, 3.63) is 59.7 Å². The molecule has 0 radical (unpaired) electrons. The summed E-state index contributed by atoms with van der Waals surface area (Å²) >= 11 is 0. The van der Waals surface area contributed by atoms with Crippen LogP contribution in [0.3, 0.4) is 0 Å². The summed E-state index contributed by atoms with van der Waals surface area (Å²) in [5, 5.41) is 0. The van der Waals surface area contributed by atoms with Gasteiger partial charge in [-0.2, -0.15) is 8.61 Å². The van der Waals surface area contributed by atoms with Gasteiger partial charge < -0.3 is 9.47 Å². The molecule has 0 aromatic heterocycles. The van der Waals surface area contributed by atoms with E-state index >= 15 is 0 Å². The molecule has 0 amide bonds. The van der Waals surface area contributed by atoms with Crippen molar-refractivity contribution in [2.45, 2.75) is 99.9 Å². The minimum atomic E-state index is -3.60. The van der Waals surface area contributed by atoms with Crippen LogP contribution in [0.25, 0.3) is 0 Å². The molecule has 2 aromatic carbocycles. The number of ether oxygens (including phenoxy) is 2. The van der Waals surface area contributed by atoms with Crippen LogP contribution < -0.4 is 0 Å². The van der Waals surface area contributed by atoms with E-state index in [-0.39, 0.29) is 32.1 Å². The van der Waals surface area contributed by atoms with Crippen LogP contribution in [-0.4, -0.2) is 70.6 Å². The predicted molar refractivity (Wildman–Crippen MR) is 161 cm³/mol. The van der Waals surface area contributed by atoms with Gasteiger partial charge in [0.25, 0.3) is 0 Å². The van der Waals surface area contributed by atoms with Crippen molar-refractivity contribution in [2.24, 2.45) is 0 Å². The number of nitrogens with zero attached hydrogens (tertiary/aromatic N) is 2. The fourth-order valence-electron chi connectivity index (χ4n) is 5.70. The highest BCUT2D eigenvalue weighted by Gasteiger charge is 2.37. The maximum atomic E-state index is 13.3. The van der Waals surface area contributed by atoms with E-state index in [4.69, 9.17) is 9.47 Å². The van der Waals surface area contributed by atoms with Gasteiger partial charge in [0, 0.05) is 25.2 Å². The summed E-state index contributed by atoms with van der Waals surface area (Å²) in [5.41, 5.74) is 2.30. The van der Waals surface area contributed by atoms with Crippen LogP contribution in [0.15, 0.2) is 58.3 Å². The van der Waals surface area contributed by atoms with E-state index in [1.54, 1.807) is 32.9 Å². The Kier molecular flexibility index (Phi) is 11.8. The van der Waals surface area contributed by atoms with Gasteiger partial charge in [-0.1, -0.05) is 51.0 Å². The Balaban J connectivity index is 1.25. The number of rotatable bonds is 16. The van der Waals surface area contributed by atoms with Crippen LogP contribution in [0.2, 0.25) is 0 Å². The lowest BCUT2D eigenvalue weighted by Crippen LogP contribution is -2.39. The van der Waals surface area contributed by atoms with E-state index in [1.165, 1.54) is 0 Å². The second-order valence-electron chi connectivity index (χ2n) is 11.2. The maximum Gasteiger partial charge on any atom is 0.243 e. The smallest absolute Gasteiger partial charge is 0.243 e. The Bertz CT molecular complexity index is 1200. The summed E-state index contributed by atoms with van der Waals surface area (Å²) in [5.74, 6) is 0. The number of aryl methyl sites for hydroxylation is 2. The Morgan fingerprint density at radius 3 is 1.41 bits per heavy atom. The first-order valence-electron chi connectivity index (χ1n) is 15.1. The summed E-state index contributed by atoms with van der Waals surface area (Å²) in [4.78, 5) is 0.637. The maximum absolute atomic E-state index is 13.3. The van der Waals surface area contributed by atoms with Gasteiger partial charge in [0.05, 0.1) is 23.0 Å². The first kappa shape index (κ1) is 32.1. The highest BCUT2D eigenvalue weighted by atomic mass is 32.2. The van der Waals surface area contributed by atoms with Crippen molar-refractivity contribution in [3.8, 4) is 0 Å². The Labute approximate surface area is 247 Å². The van der Waals surface area contributed by atoms with Crippen LogP contribution >= 0.6 is 0 Å². The number of hydrogen-bond donors (Lipinski definition) is 0. The molecule has 0 N–H and O–H groups in total. The van der Waals surface area contributed by atoms with Gasteiger partial charge in [-0.3, -0.25) is 0 Å². The van der Waals surface area contributed by atoms with E-state index in [0.717, 1.165) is 75.3 Å². The molecule has 2 heterocycles. The van der Waals surface area contributed by atoms with Crippen molar-refractivity contribution >= 4 is 20.0 Å². The van der Waals surface area contributed by atoms with Crippen LogP contribution in [0.5, 0.6) is 0 Å². The summed E-state index contributed by atoms with van der Waals surface area (Å²) in [6.45, 7) is 5.71. The quantitative estimate of drug-likeness (QED) is 0.189. The van der Waals surface area contributed by atoms with Gasteiger partial charge in [-0.25, -0.2) is 16.8 Å². The van der Waals surface area contributed by atoms with Crippen molar-refractivity contribution < 1.29 is 26.3 Å². The molecular weight excluding hydrogens is 560 g/mol. The highest BCUT2D eigenvalue weighted by molar-refractivity contribution is 7.89. The number of hydrogen-bond acceptors (Lipinski definition) is 6. The first-order chi connectivity index (χ1) is 19.8. The zero-order chi connectivity index (χ0) is 29.3. The number of unbranched alkanes of at least 4 members (excludes halogenated alkanes) is 2. The van der Waals surface area contributed by atoms with Gasteiger partial charge in [-0.15, -0.1) is 0 Å². The van der Waals surface area contributed by atoms with E-state index in [2.05, 4.69) is 13.8 Å². The molecule has 10 heteroatoms. The fourth-order valence-corrected chi connectivity index (χ4v) is 9.06. The summed E-state index contributed by atoms with van der Waals surface area (Å²) < 4.78 is 67.9. The minimum Gasteiger partial charge on any atom is -0.354 e. The molecule has 8 nitrogen and oxygen atoms in total. The van der Waals surface area contributed by atoms with Crippen LogP contribution in [-0.2, 0) is 42.4 Å². The second kappa shape index (κ2) is 15.1. The van der Waals surface area contributed by atoms with Crippen molar-refractivity contribution in [1.82, 2.24) is 8.61 Å². The number of sulfonamides is 2. The molecule has 228 valence electrons. The molecule has 0 saturated carbocycles. The molecule has 0 spiro atoms. The molecule has 41 heavy (non-hydrogen) atoms. The standard InChI is InChI=1S/C31H46N2O6S2/c1-3-5-9-26-13-17-30(18-14-26)40(34,35)32-21-7-11-28(32)23-38-25-39-24-29-12-8-22-33(29)41(36,37)31-19-15-27(16-20-31)10-6-4-2/h13-20,28-29H,3-12,21-25H2,1-2H3/t28-,29-/m0/s1. The second-order valence-corrected chi connectivity index (χ2v) is 15.0. The molecule has 2 aromatic rings. The lowest BCUT2D eigenvalue weighted by Gasteiger charge is -2.25. The highest BCUT2D eigenvalue weighted by Crippen LogP contribution is 2.28. The normalized spacial score (nSPS) is 20.6. The lowest BCUT2D eigenvalue weighted by molar-refractivity contribution is -0.0707. The molecule has 0 unspecified atom stereocenters. The third kappa shape index (κ3) is 8.18. The van der Waals surface area contributed by atoms with Crippen LogP contribution in [0, 0.1) is 0 Å².